The Hall–Kier alpha value is -2.53. The van der Waals surface area contributed by atoms with Gasteiger partial charge in [-0.15, -0.1) is 0 Å². The molecule has 0 aliphatic carbocycles. The molecule has 2 nitrogen and oxygen atoms in total. The first-order valence-corrected chi connectivity index (χ1v) is 6.43. The average molecular weight is 246 g/mol. The van der Waals surface area contributed by atoms with E-state index in [0.29, 0.717) is 5.56 Å². The van der Waals surface area contributed by atoms with Crippen LogP contribution in [-0.4, -0.2) is 4.98 Å². The summed E-state index contributed by atoms with van der Waals surface area (Å²) in [5.74, 6) is 0. The molecule has 0 aliphatic heterocycles. The van der Waals surface area contributed by atoms with Gasteiger partial charge in [0.25, 0.3) is 0 Å². The van der Waals surface area contributed by atoms with Crippen LogP contribution >= 0.6 is 0 Å². The van der Waals surface area contributed by atoms with Crippen molar-refractivity contribution in [2.24, 2.45) is 0 Å². The van der Waals surface area contributed by atoms with Gasteiger partial charge >= 0.3 is 0 Å². The van der Waals surface area contributed by atoms with Gasteiger partial charge in [0.2, 0.25) is 0 Å². The van der Waals surface area contributed by atoms with Crippen molar-refractivity contribution in [3.63, 3.8) is 0 Å². The number of benzene rings is 2. The van der Waals surface area contributed by atoms with Gasteiger partial charge in [0.15, 0.2) is 0 Å². The number of rotatable bonds is 2. The highest BCUT2D eigenvalue weighted by atomic mass is 14.7. The molecular formula is C17H14N2. The number of hydrogen-bond donors (Lipinski definition) is 1. The van der Waals surface area contributed by atoms with Crippen molar-refractivity contribution in [3.05, 3.63) is 59.8 Å². The van der Waals surface area contributed by atoms with Crippen molar-refractivity contribution < 1.29 is 0 Å². The van der Waals surface area contributed by atoms with E-state index in [1.54, 1.807) is 0 Å². The van der Waals surface area contributed by atoms with E-state index in [4.69, 9.17) is 5.26 Å². The molecule has 1 heterocycles. The van der Waals surface area contributed by atoms with Crippen LogP contribution in [0.4, 0.5) is 0 Å². The Morgan fingerprint density at radius 1 is 1.11 bits per heavy atom. The van der Waals surface area contributed by atoms with Crippen molar-refractivity contribution >= 4 is 10.9 Å². The second-order valence-electron chi connectivity index (χ2n) is 4.59. The third-order valence-electron chi connectivity index (χ3n) is 3.50. The van der Waals surface area contributed by atoms with Crippen molar-refractivity contribution in [2.75, 3.05) is 0 Å². The van der Waals surface area contributed by atoms with Gasteiger partial charge in [0, 0.05) is 22.7 Å². The molecule has 1 aromatic heterocycles. The van der Waals surface area contributed by atoms with Gasteiger partial charge in [0.1, 0.15) is 0 Å². The summed E-state index contributed by atoms with van der Waals surface area (Å²) in [5, 5.41) is 10.1. The Kier molecular flexibility index (Phi) is 2.81. The first-order chi connectivity index (χ1) is 9.33. The summed E-state index contributed by atoms with van der Waals surface area (Å²) < 4.78 is 0. The van der Waals surface area contributed by atoms with Gasteiger partial charge in [-0.3, -0.25) is 0 Å². The summed E-state index contributed by atoms with van der Waals surface area (Å²) in [6.07, 6.45) is 3.03. The lowest BCUT2D eigenvalue weighted by Crippen LogP contribution is -1.86. The maximum Gasteiger partial charge on any atom is 0.0991 e. The van der Waals surface area contributed by atoms with Crippen molar-refractivity contribution in [3.8, 4) is 17.2 Å². The Morgan fingerprint density at radius 3 is 2.74 bits per heavy atom. The minimum Gasteiger partial charge on any atom is -0.361 e. The fourth-order valence-corrected chi connectivity index (χ4v) is 2.50. The van der Waals surface area contributed by atoms with Crippen LogP contribution < -0.4 is 0 Å². The third kappa shape index (κ3) is 1.90. The summed E-state index contributed by atoms with van der Waals surface area (Å²) in [4.78, 5) is 3.28. The molecule has 0 spiro atoms. The standard InChI is InChI=1S/C17H14N2/c1-2-13-5-3-4-6-14(13)16-11-19-17-8-7-12(10-18)9-15(16)17/h3-9,11,19H,2H2,1H3. The van der Waals surface area contributed by atoms with Crippen LogP contribution in [0.2, 0.25) is 0 Å². The van der Waals surface area contributed by atoms with Crippen LogP contribution in [0.1, 0.15) is 18.1 Å². The molecular weight excluding hydrogens is 232 g/mol. The van der Waals surface area contributed by atoms with E-state index < -0.39 is 0 Å². The molecule has 0 saturated carbocycles. The van der Waals surface area contributed by atoms with E-state index >= 15 is 0 Å². The highest BCUT2D eigenvalue weighted by Crippen LogP contribution is 2.31. The minimum absolute atomic E-state index is 0.697. The van der Waals surface area contributed by atoms with E-state index in [9.17, 15) is 0 Å². The molecule has 0 saturated heterocycles. The largest absolute Gasteiger partial charge is 0.361 e. The van der Waals surface area contributed by atoms with Crippen LogP contribution in [0.5, 0.6) is 0 Å². The highest BCUT2D eigenvalue weighted by molar-refractivity contribution is 5.97. The van der Waals surface area contributed by atoms with Crippen LogP contribution in [0.25, 0.3) is 22.0 Å². The van der Waals surface area contributed by atoms with Crippen molar-refractivity contribution in [2.45, 2.75) is 13.3 Å². The van der Waals surface area contributed by atoms with Crippen LogP contribution in [-0.2, 0) is 6.42 Å². The predicted octanol–water partition coefficient (Wildman–Crippen LogP) is 4.27. The number of aromatic amines is 1. The van der Waals surface area contributed by atoms with E-state index in [-0.39, 0.29) is 0 Å². The number of nitrogens with zero attached hydrogens (tertiary/aromatic N) is 1. The van der Waals surface area contributed by atoms with Gasteiger partial charge in [-0.2, -0.15) is 5.26 Å². The Balaban J connectivity index is 2.28. The zero-order chi connectivity index (χ0) is 13.2. The lowest BCUT2D eigenvalue weighted by atomic mass is 9.97. The molecule has 0 unspecified atom stereocenters. The second kappa shape index (κ2) is 4.62. The molecule has 2 heteroatoms. The summed E-state index contributed by atoms with van der Waals surface area (Å²) in [5.41, 5.74) is 5.50. The van der Waals surface area contributed by atoms with E-state index in [2.05, 4.69) is 42.2 Å². The molecule has 19 heavy (non-hydrogen) atoms. The average Bonchev–Trinajstić information content (AvgIpc) is 2.89. The molecule has 0 aliphatic rings. The predicted molar refractivity (Wildman–Crippen MR) is 77.8 cm³/mol. The summed E-state index contributed by atoms with van der Waals surface area (Å²) >= 11 is 0. The van der Waals surface area contributed by atoms with Crippen LogP contribution in [0.3, 0.4) is 0 Å². The lowest BCUT2D eigenvalue weighted by molar-refractivity contribution is 1.14. The van der Waals surface area contributed by atoms with Gasteiger partial charge in [-0.25, -0.2) is 0 Å². The zero-order valence-corrected chi connectivity index (χ0v) is 10.8. The van der Waals surface area contributed by atoms with Gasteiger partial charge in [0.05, 0.1) is 11.6 Å². The number of H-pyrrole nitrogens is 1. The molecule has 2 aromatic carbocycles. The maximum absolute atomic E-state index is 9.04. The van der Waals surface area contributed by atoms with E-state index in [1.807, 2.05) is 24.4 Å². The second-order valence-corrected chi connectivity index (χ2v) is 4.59. The summed E-state index contributed by atoms with van der Waals surface area (Å²) in [7, 11) is 0. The van der Waals surface area contributed by atoms with E-state index in [0.717, 1.165) is 17.3 Å². The normalized spacial score (nSPS) is 10.5. The smallest absolute Gasteiger partial charge is 0.0991 e. The fraction of sp³-hybridized carbons (Fsp3) is 0.118. The maximum atomic E-state index is 9.04. The SMILES string of the molecule is CCc1ccccc1-c1c[nH]c2ccc(C#N)cc12. The molecule has 0 radical (unpaired) electrons. The van der Waals surface area contributed by atoms with Gasteiger partial charge in [-0.05, 0) is 35.7 Å². The first kappa shape index (κ1) is 11.6. The molecule has 3 rings (SSSR count). The molecule has 0 amide bonds. The quantitative estimate of drug-likeness (QED) is 0.720. The molecule has 0 fully saturated rings. The lowest BCUT2D eigenvalue weighted by Gasteiger charge is -2.06. The Labute approximate surface area is 112 Å². The summed E-state index contributed by atoms with van der Waals surface area (Å²) in [6.45, 7) is 2.16. The number of hydrogen-bond acceptors (Lipinski definition) is 1. The van der Waals surface area contributed by atoms with Crippen molar-refractivity contribution in [1.29, 1.82) is 5.26 Å². The Bertz CT molecular complexity index is 775. The first-order valence-electron chi connectivity index (χ1n) is 6.43. The molecule has 0 bridgehead atoms. The molecule has 92 valence electrons. The summed E-state index contributed by atoms with van der Waals surface area (Å²) in [6, 6.07) is 16.4. The molecule has 1 N–H and O–H groups in total. The third-order valence-corrected chi connectivity index (χ3v) is 3.50. The molecule has 0 atom stereocenters. The number of aromatic nitrogens is 1. The van der Waals surface area contributed by atoms with Crippen molar-refractivity contribution in [1.82, 2.24) is 4.98 Å². The Morgan fingerprint density at radius 2 is 1.95 bits per heavy atom. The van der Waals surface area contributed by atoms with E-state index in [1.165, 1.54) is 16.7 Å². The monoisotopic (exact) mass is 246 g/mol. The zero-order valence-electron chi connectivity index (χ0n) is 10.8. The minimum atomic E-state index is 0.697. The number of nitrogens with one attached hydrogen (secondary N) is 1. The topological polar surface area (TPSA) is 39.6 Å². The van der Waals surface area contributed by atoms with Gasteiger partial charge < -0.3 is 4.98 Å². The number of nitriles is 1. The highest BCUT2D eigenvalue weighted by Gasteiger charge is 2.09. The number of aryl methyl sites for hydroxylation is 1. The molecule has 3 aromatic rings. The van der Waals surface area contributed by atoms with Crippen LogP contribution in [0, 0.1) is 11.3 Å². The van der Waals surface area contributed by atoms with Crippen LogP contribution in [0.15, 0.2) is 48.7 Å². The number of fused-ring (bicyclic) bond motifs is 1. The van der Waals surface area contributed by atoms with Gasteiger partial charge in [-0.1, -0.05) is 31.2 Å². The fourth-order valence-electron chi connectivity index (χ4n) is 2.50.